The van der Waals surface area contributed by atoms with Gasteiger partial charge in [0.2, 0.25) is 0 Å². The van der Waals surface area contributed by atoms with Gasteiger partial charge in [-0.05, 0) is 51.2 Å². The highest BCUT2D eigenvalue weighted by Gasteiger charge is 2.34. The lowest BCUT2D eigenvalue weighted by Gasteiger charge is -2.29. The van der Waals surface area contributed by atoms with E-state index in [4.69, 9.17) is 9.97 Å². The number of halogens is 2. The molecule has 8 heteroatoms. The molecule has 0 saturated carbocycles. The number of nitrogens with zero attached hydrogens (tertiary/aromatic N) is 5. The quantitative estimate of drug-likeness (QED) is 0.657. The van der Waals surface area contributed by atoms with Gasteiger partial charge in [0.15, 0.2) is 0 Å². The van der Waals surface area contributed by atoms with E-state index in [-0.39, 0.29) is 6.04 Å². The lowest BCUT2D eigenvalue weighted by atomic mass is 10.1. The van der Waals surface area contributed by atoms with E-state index < -0.39 is 18.5 Å². The van der Waals surface area contributed by atoms with Gasteiger partial charge in [0.05, 0.1) is 23.5 Å². The van der Waals surface area contributed by atoms with Gasteiger partial charge in [-0.1, -0.05) is 12.1 Å². The summed E-state index contributed by atoms with van der Waals surface area (Å²) in [5, 5.41) is 0.366. The first-order valence-electron chi connectivity index (χ1n) is 10.4. The molecule has 2 aliphatic rings. The molecule has 1 aliphatic carbocycles. The molecule has 1 aromatic carbocycles. The lowest BCUT2D eigenvalue weighted by molar-refractivity contribution is 0.123. The molecule has 3 aromatic rings. The van der Waals surface area contributed by atoms with Crippen molar-refractivity contribution in [2.75, 3.05) is 11.4 Å². The zero-order valence-corrected chi connectivity index (χ0v) is 16.8. The van der Waals surface area contributed by atoms with Crippen LogP contribution < -0.4 is 10.5 Å². The molecule has 156 valence electrons. The normalized spacial score (nSPS) is 18.5. The average molecular weight is 411 g/mol. The number of alkyl halides is 2. The van der Waals surface area contributed by atoms with Crippen molar-refractivity contribution in [2.45, 2.75) is 58.0 Å². The second-order valence-corrected chi connectivity index (χ2v) is 8.02. The third kappa shape index (κ3) is 3.14. The third-order valence-corrected chi connectivity index (χ3v) is 6.06. The Morgan fingerprint density at radius 3 is 2.80 bits per heavy atom. The first-order chi connectivity index (χ1) is 14.5. The molecule has 3 heterocycles. The Morgan fingerprint density at radius 2 is 1.97 bits per heavy atom. The van der Waals surface area contributed by atoms with Gasteiger partial charge in [0.1, 0.15) is 17.5 Å². The lowest BCUT2D eigenvalue weighted by Crippen LogP contribution is -2.34. The smallest absolute Gasteiger partial charge is 0.261 e. The SMILES string of the molecule is Cc1nc2c(c(N3CCCC3c3nc4ccccc4c(=O)n3CC(F)F)n1)CCC2. The number of hydrogen-bond acceptors (Lipinski definition) is 5. The Hall–Kier alpha value is -2.90. The van der Waals surface area contributed by atoms with Crippen LogP contribution in [0.3, 0.4) is 0 Å². The van der Waals surface area contributed by atoms with Gasteiger partial charge in [0.25, 0.3) is 12.0 Å². The minimum Gasteiger partial charge on any atom is -0.346 e. The number of rotatable bonds is 4. The number of hydrogen-bond donors (Lipinski definition) is 0. The van der Waals surface area contributed by atoms with Crippen LogP contribution >= 0.6 is 0 Å². The number of para-hydroxylation sites is 1. The van der Waals surface area contributed by atoms with Gasteiger partial charge in [-0.2, -0.15) is 0 Å². The molecular formula is C22H23F2N5O. The van der Waals surface area contributed by atoms with Crippen LogP contribution in [0.1, 0.15) is 48.2 Å². The predicted octanol–water partition coefficient (Wildman–Crippen LogP) is 3.59. The van der Waals surface area contributed by atoms with Gasteiger partial charge < -0.3 is 4.90 Å². The molecule has 0 N–H and O–H groups in total. The van der Waals surface area contributed by atoms with Gasteiger partial charge in [0, 0.05) is 17.8 Å². The van der Waals surface area contributed by atoms with Crippen LogP contribution in [0.15, 0.2) is 29.1 Å². The number of fused-ring (bicyclic) bond motifs is 2. The maximum absolute atomic E-state index is 13.4. The van der Waals surface area contributed by atoms with Crippen molar-refractivity contribution in [2.24, 2.45) is 0 Å². The number of aryl methyl sites for hydroxylation is 2. The van der Waals surface area contributed by atoms with Crippen LogP contribution in [-0.2, 0) is 19.4 Å². The van der Waals surface area contributed by atoms with Crippen molar-refractivity contribution in [1.82, 2.24) is 19.5 Å². The van der Waals surface area contributed by atoms with Gasteiger partial charge in [-0.3, -0.25) is 9.36 Å². The van der Waals surface area contributed by atoms with Crippen molar-refractivity contribution < 1.29 is 8.78 Å². The summed E-state index contributed by atoms with van der Waals surface area (Å²) in [5.41, 5.74) is 2.36. The largest absolute Gasteiger partial charge is 0.346 e. The van der Waals surface area contributed by atoms with E-state index >= 15 is 0 Å². The summed E-state index contributed by atoms with van der Waals surface area (Å²) < 4.78 is 28.0. The van der Waals surface area contributed by atoms with Crippen molar-refractivity contribution in [3.63, 3.8) is 0 Å². The molecule has 1 unspecified atom stereocenters. The van der Waals surface area contributed by atoms with Crippen LogP contribution in [0, 0.1) is 6.92 Å². The molecule has 1 aliphatic heterocycles. The number of aromatic nitrogens is 4. The van der Waals surface area contributed by atoms with E-state index in [2.05, 4.69) is 9.88 Å². The second kappa shape index (κ2) is 7.41. The molecule has 1 atom stereocenters. The van der Waals surface area contributed by atoms with Gasteiger partial charge >= 0.3 is 0 Å². The van der Waals surface area contributed by atoms with E-state index in [9.17, 15) is 13.6 Å². The molecule has 0 spiro atoms. The molecule has 0 amide bonds. The van der Waals surface area contributed by atoms with Gasteiger partial charge in [-0.15, -0.1) is 0 Å². The zero-order chi connectivity index (χ0) is 20.8. The first kappa shape index (κ1) is 19.1. The summed E-state index contributed by atoms with van der Waals surface area (Å²) in [6.07, 6.45) is 1.90. The molecule has 0 bridgehead atoms. The Balaban J connectivity index is 1.67. The fourth-order valence-corrected chi connectivity index (χ4v) is 4.81. The molecule has 1 saturated heterocycles. The van der Waals surface area contributed by atoms with Crippen LogP contribution in [0.5, 0.6) is 0 Å². The maximum Gasteiger partial charge on any atom is 0.261 e. The summed E-state index contributed by atoms with van der Waals surface area (Å²) in [6, 6.07) is 6.68. The zero-order valence-electron chi connectivity index (χ0n) is 16.8. The summed E-state index contributed by atoms with van der Waals surface area (Å²) in [5.74, 6) is 2.00. The summed E-state index contributed by atoms with van der Waals surface area (Å²) >= 11 is 0. The first-order valence-corrected chi connectivity index (χ1v) is 10.4. The predicted molar refractivity (Wildman–Crippen MR) is 110 cm³/mol. The maximum atomic E-state index is 13.4. The van der Waals surface area contributed by atoms with Crippen molar-refractivity contribution in [1.29, 1.82) is 0 Å². The third-order valence-electron chi connectivity index (χ3n) is 6.06. The van der Waals surface area contributed by atoms with Crippen molar-refractivity contribution >= 4 is 16.7 Å². The Morgan fingerprint density at radius 1 is 1.13 bits per heavy atom. The minimum atomic E-state index is -2.63. The van der Waals surface area contributed by atoms with Crippen molar-refractivity contribution in [3.05, 3.63) is 57.5 Å². The van der Waals surface area contributed by atoms with Gasteiger partial charge in [-0.25, -0.2) is 23.7 Å². The highest BCUT2D eigenvalue weighted by atomic mass is 19.3. The average Bonchev–Trinajstić information content (AvgIpc) is 3.38. The standard InChI is InChI=1S/C22H23F2N5O/c1-13-25-16-9-4-7-14(16)20(26-13)28-11-5-10-18(28)21-27-17-8-3-2-6-15(17)22(30)29(21)12-19(23)24/h2-3,6,8,18-19H,4-5,7,9-12H2,1H3. The monoisotopic (exact) mass is 411 g/mol. The fraction of sp³-hybridized carbons (Fsp3) is 0.455. The Kier molecular flexibility index (Phi) is 4.72. The van der Waals surface area contributed by atoms with Crippen LogP contribution in [0.2, 0.25) is 0 Å². The Labute approximate surface area is 172 Å². The van der Waals surface area contributed by atoms with Crippen LogP contribution in [-0.4, -0.2) is 32.5 Å². The van der Waals surface area contributed by atoms with E-state index in [1.165, 1.54) is 4.57 Å². The van der Waals surface area contributed by atoms with Crippen molar-refractivity contribution in [3.8, 4) is 0 Å². The highest BCUT2D eigenvalue weighted by molar-refractivity contribution is 5.77. The molecule has 0 radical (unpaired) electrons. The highest BCUT2D eigenvalue weighted by Crippen LogP contribution is 2.39. The van der Waals surface area contributed by atoms with E-state index in [0.29, 0.717) is 22.6 Å². The molecule has 30 heavy (non-hydrogen) atoms. The number of benzene rings is 1. The molecule has 1 fully saturated rings. The van der Waals surface area contributed by atoms with Crippen LogP contribution in [0.25, 0.3) is 10.9 Å². The molecular weight excluding hydrogens is 388 g/mol. The summed E-state index contributed by atoms with van der Waals surface area (Å²) in [6.45, 7) is 1.98. The van der Waals surface area contributed by atoms with Crippen LogP contribution in [0.4, 0.5) is 14.6 Å². The van der Waals surface area contributed by atoms with E-state index in [1.807, 2.05) is 13.0 Å². The summed E-state index contributed by atoms with van der Waals surface area (Å²) in [7, 11) is 0. The number of anilines is 1. The minimum absolute atomic E-state index is 0.264. The summed E-state index contributed by atoms with van der Waals surface area (Å²) in [4.78, 5) is 29.2. The molecule has 5 rings (SSSR count). The topological polar surface area (TPSA) is 63.9 Å². The van der Waals surface area contributed by atoms with E-state index in [0.717, 1.165) is 55.7 Å². The second-order valence-electron chi connectivity index (χ2n) is 8.02. The fourth-order valence-electron chi connectivity index (χ4n) is 4.81. The van der Waals surface area contributed by atoms with E-state index in [1.54, 1.807) is 18.2 Å². The molecule has 2 aromatic heterocycles. The molecule has 6 nitrogen and oxygen atoms in total. The Bertz CT molecular complexity index is 1180.